The quantitative estimate of drug-likeness (QED) is 0.628. The van der Waals surface area contributed by atoms with Crippen LogP contribution in [0.2, 0.25) is 0 Å². The van der Waals surface area contributed by atoms with E-state index in [1.165, 1.54) is 0 Å². The van der Waals surface area contributed by atoms with E-state index in [4.69, 9.17) is 14.5 Å². The first-order chi connectivity index (χ1) is 14.5. The summed E-state index contributed by atoms with van der Waals surface area (Å²) in [6.07, 6.45) is 3.38. The number of fused-ring (bicyclic) bond motifs is 1. The van der Waals surface area contributed by atoms with Gasteiger partial charge in [0.25, 0.3) is 0 Å². The second kappa shape index (κ2) is 7.60. The third-order valence-electron chi connectivity index (χ3n) is 5.52. The molecule has 5 rings (SSSR count). The van der Waals surface area contributed by atoms with Crippen molar-refractivity contribution in [2.45, 2.75) is 18.2 Å². The Hall–Kier alpha value is -2.56. The molecule has 9 nitrogen and oxygen atoms in total. The number of morpholine rings is 1. The highest BCUT2D eigenvalue weighted by Crippen LogP contribution is 2.27. The van der Waals surface area contributed by atoms with E-state index in [0.29, 0.717) is 38.2 Å². The highest BCUT2D eigenvalue weighted by Gasteiger charge is 2.28. The minimum absolute atomic E-state index is 0.0734. The van der Waals surface area contributed by atoms with Gasteiger partial charge in [-0.2, -0.15) is 14.3 Å². The fourth-order valence-corrected chi connectivity index (χ4v) is 4.94. The monoisotopic (exact) mass is 428 g/mol. The Morgan fingerprint density at radius 1 is 1.17 bits per heavy atom. The molecular formula is C20H24N6O3S. The lowest BCUT2D eigenvalue weighted by molar-refractivity contribution is 0.0431. The molecule has 158 valence electrons. The van der Waals surface area contributed by atoms with E-state index >= 15 is 0 Å². The van der Waals surface area contributed by atoms with Crippen molar-refractivity contribution in [2.24, 2.45) is 4.36 Å². The summed E-state index contributed by atoms with van der Waals surface area (Å²) in [5.74, 6) is 1.61. The molecule has 2 saturated heterocycles. The topological polar surface area (TPSA) is 94.7 Å². The highest BCUT2D eigenvalue weighted by atomic mass is 32.2. The van der Waals surface area contributed by atoms with Gasteiger partial charge in [0.15, 0.2) is 5.82 Å². The van der Waals surface area contributed by atoms with E-state index in [2.05, 4.69) is 26.2 Å². The minimum Gasteiger partial charge on any atom is -0.379 e. The maximum absolute atomic E-state index is 13.1. The fourth-order valence-electron chi connectivity index (χ4n) is 3.62. The van der Waals surface area contributed by atoms with Crippen LogP contribution in [0.4, 0.5) is 11.6 Å². The molecule has 30 heavy (non-hydrogen) atoms. The number of hydrogen-bond donors (Lipinski definition) is 0. The molecule has 1 aromatic carbocycles. The van der Waals surface area contributed by atoms with Crippen molar-refractivity contribution in [2.75, 3.05) is 44.1 Å². The van der Waals surface area contributed by atoms with Crippen LogP contribution >= 0.6 is 0 Å². The predicted octanol–water partition coefficient (Wildman–Crippen LogP) is 2.17. The van der Waals surface area contributed by atoms with Gasteiger partial charge in [-0.3, -0.25) is 4.57 Å². The van der Waals surface area contributed by atoms with E-state index in [1.807, 2.05) is 34.9 Å². The molecule has 2 fully saturated rings. The van der Waals surface area contributed by atoms with Gasteiger partial charge in [0.1, 0.15) is 12.1 Å². The molecule has 2 atom stereocenters. The van der Waals surface area contributed by atoms with Gasteiger partial charge in [0, 0.05) is 18.9 Å². The van der Waals surface area contributed by atoms with Gasteiger partial charge in [-0.05, 0) is 19.1 Å². The van der Waals surface area contributed by atoms with E-state index in [0.717, 1.165) is 23.4 Å². The standard InChI is InChI=1S/C20H24N6O3S/c1-14-10-28-8-7-25(14)19-9-18(24-30(2,27)15-11-29-12-15)22-20(23-19)26-13-21-16-5-3-4-6-17(16)26/h3-6,9,13-15H,7-8,10-12H2,1-2H3/t14-,30+/m1/s1. The number of imidazole rings is 1. The summed E-state index contributed by atoms with van der Waals surface area (Å²) in [7, 11) is -2.47. The summed E-state index contributed by atoms with van der Waals surface area (Å²) in [6.45, 7) is 5.02. The Bertz CT molecular complexity index is 1200. The SMILES string of the molecule is C[C@@H]1COCCN1c1cc(N=[S@@](C)(=O)C2COC2)nc(-n2cnc3ccccc32)n1. The minimum atomic E-state index is -2.47. The number of hydrogen-bond acceptors (Lipinski definition) is 8. The van der Waals surface area contributed by atoms with Crippen molar-refractivity contribution >= 4 is 32.4 Å². The molecule has 10 heteroatoms. The zero-order valence-corrected chi connectivity index (χ0v) is 17.8. The van der Waals surface area contributed by atoms with Crippen LogP contribution < -0.4 is 4.90 Å². The molecular weight excluding hydrogens is 404 g/mol. The molecule has 0 saturated carbocycles. The van der Waals surface area contributed by atoms with Crippen LogP contribution in [0.15, 0.2) is 41.0 Å². The first-order valence-corrected chi connectivity index (χ1v) is 11.9. The second-order valence-electron chi connectivity index (χ2n) is 7.72. The summed E-state index contributed by atoms with van der Waals surface area (Å²) in [5, 5.41) is -0.0734. The number of aromatic nitrogens is 4. The summed E-state index contributed by atoms with van der Waals surface area (Å²) < 4.78 is 30.3. The first-order valence-electron chi connectivity index (χ1n) is 9.96. The van der Waals surface area contributed by atoms with Crippen molar-refractivity contribution in [1.29, 1.82) is 0 Å². The van der Waals surface area contributed by atoms with Crippen LogP contribution in [-0.2, 0) is 19.2 Å². The van der Waals surface area contributed by atoms with E-state index in [1.54, 1.807) is 12.6 Å². The third-order valence-corrected chi connectivity index (χ3v) is 7.58. The normalized spacial score (nSPS) is 21.9. The lowest BCUT2D eigenvalue weighted by Gasteiger charge is -2.34. The van der Waals surface area contributed by atoms with Gasteiger partial charge in [-0.1, -0.05) is 12.1 Å². The summed E-state index contributed by atoms with van der Waals surface area (Å²) in [5.41, 5.74) is 1.76. The Balaban J connectivity index is 1.65. The van der Waals surface area contributed by atoms with Gasteiger partial charge in [0.05, 0.1) is 58.5 Å². The largest absolute Gasteiger partial charge is 0.379 e. The van der Waals surface area contributed by atoms with Gasteiger partial charge >= 0.3 is 0 Å². The average Bonchev–Trinajstić information content (AvgIpc) is 3.10. The number of ether oxygens (including phenoxy) is 2. The van der Waals surface area contributed by atoms with E-state index in [-0.39, 0.29) is 11.3 Å². The number of anilines is 1. The van der Waals surface area contributed by atoms with Crippen molar-refractivity contribution < 1.29 is 13.7 Å². The average molecular weight is 429 g/mol. The molecule has 0 N–H and O–H groups in total. The molecule has 2 aromatic heterocycles. The van der Waals surface area contributed by atoms with Gasteiger partial charge in [0.2, 0.25) is 5.95 Å². The number of para-hydroxylation sites is 2. The maximum Gasteiger partial charge on any atom is 0.239 e. The lowest BCUT2D eigenvalue weighted by atomic mass is 10.2. The van der Waals surface area contributed by atoms with Crippen molar-refractivity contribution in [3.8, 4) is 5.95 Å². The maximum atomic E-state index is 13.1. The lowest BCUT2D eigenvalue weighted by Crippen LogP contribution is -2.44. The smallest absolute Gasteiger partial charge is 0.239 e. The van der Waals surface area contributed by atoms with Crippen molar-refractivity contribution in [3.05, 3.63) is 36.7 Å². The molecule has 0 bridgehead atoms. The molecule has 0 aliphatic carbocycles. The molecule has 0 amide bonds. The Morgan fingerprint density at radius 3 is 2.77 bits per heavy atom. The zero-order valence-electron chi connectivity index (χ0n) is 17.0. The van der Waals surface area contributed by atoms with Gasteiger partial charge in [-0.25, -0.2) is 9.19 Å². The van der Waals surface area contributed by atoms with Crippen LogP contribution in [0.1, 0.15) is 6.92 Å². The molecule has 3 aromatic rings. The number of nitrogens with zero attached hydrogens (tertiary/aromatic N) is 6. The van der Waals surface area contributed by atoms with Gasteiger partial charge in [-0.15, -0.1) is 0 Å². The molecule has 4 heterocycles. The molecule has 2 aliphatic heterocycles. The fraction of sp³-hybridized carbons (Fsp3) is 0.450. The molecule has 0 radical (unpaired) electrons. The number of rotatable bonds is 4. The van der Waals surface area contributed by atoms with Crippen LogP contribution in [0.5, 0.6) is 0 Å². The summed E-state index contributed by atoms with van der Waals surface area (Å²) >= 11 is 0. The van der Waals surface area contributed by atoms with E-state index in [9.17, 15) is 4.21 Å². The highest BCUT2D eigenvalue weighted by molar-refractivity contribution is 7.93. The van der Waals surface area contributed by atoms with Crippen LogP contribution in [0.25, 0.3) is 17.0 Å². The van der Waals surface area contributed by atoms with E-state index < -0.39 is 9.73 Å². The molecule has 0 unspecified atom stereocenters. The van der Waals surface area contributed by atoms with Crippen molar-refractivity contribution in [1.82, 2.24) is 19.5 Å². The van der Waals surface area contributed by atoms with Crippen LogP contribution in [0.3, 0.4) is 0 Å². The van der Waals surface area contributed by atoms with Crippen LogP contribution in [0, 0.1) is 0 Å². The molecule has 0 spiro atoms. The molecule has 2 aliphatic rings. The summed E-state index contributed by atoms with van der Waals surface area (Å²) in [6, 6.07) is 9.80. The Kier molecular flexibility index (Phi) is 4.92. The Labute approximate surface area is 175 Å². The second-order valence-corrected chi connectivity index (χ2v) is 10.3. The first kappa shape index (κ1) is 19.4. The van der Waals surface area contributed by atoms with Crippen molar-refractivity contribution in [3.63, 3.8) is 0 Å². The summed E-state index contributed by atoms with van der Waals surface area (Å²) in [4.78, 5) is 16.1. The Morgan fingerprint density at radius 2 is 2.00 bits per heavy atom. The van der Waals surface area contributed by atoms with Gasteiger partial charge < -0.3 is 14.4 Å². The van der Waals surface area contributed by atoms with Crippen LogP contribution in [-0.4, -0.2) is 74.2 Å². The predicted molar refractivity (Wildman–Crippen MR) is 115 cm³/mol. The third kappa shape index (κ3) is 3.55. The number of benzene rings is 1. The zero-order chi connectivity index (χ0) is 20.7.